The van der Waals surface area contributed by atoms with E-state index in [0.29, 0.717) is 43.7 Å². The minimum Gasteiger partial charge on any atom is -0.380 e. The predicted octanol–water partition coefficient (Wildman–Crippen LogP) is 1.93. The molecule has 0 aliphatic carbocycles. The fourth-order valence-electron chi connectivity index (χ4n) is 5.15. The van der Waals surface area contributed by atoms with E-state index in [1.54, 1.807) is 6.92 Å². The van der Waals surface area contributed by atoms with E-state index in [9.17, 15) is 9.18 Å². The van der Waals surface area contributed by atoms with Crippen molar-refractivity contribution < 1.29 is 9.13 Å². The minimum absolute atomic E-state index is 0.130. The second-order valence-electron chi connectivity index (χ2n) is 8.73. The molecule has 30 heavy (non-hydrogen) atoms. The number of fused-ring (bicyclic) bond motifs is 4. The first-order valence-corrected chi connectivity index (χ1v) is 10.9. The highest BCUT2D eigenvalue weighted by atomic mass is 19.1. The Bertz CT molecular complexity index is 986. The van der Waals surface area contributed by atoms with Crippen LogP contribution in [0.3, 0.4) is 0 Å². The summed E-state index contributed by atoms with van der Waals surface area (Å²) in [7, 11) is 0. The molecular weight excluding hydrogens is 385 g/mol. The Morgan fingerprint density at radius 1 is 1.20 bits per heavy atom. The number of rotatable bonds is 3. The Morgan fingerprint density at radius 2 is 2.10 bits per heavy atom. The summed E-state index contributed by atoms with van der Waals surface area (Å²) in [5.41, 5.74) is 2.05. The van der Waals surface area contributed by atoms with Crippen molar-refractivity contribution in [3.05, 3.63) is 51.6 Å². The Hall–Kier alpha value is -2.32. The van der Waals surface area contributed by atoms with Crippen molar-refractivity contribution in [2.24, 2.45) is 5.92 Å². The summed E-state index contributed by atoms with van der Waals surface area (Å²) in [6.45, 7) is 7.88. The lowest BCUT2D eigenvalue weighted by molar-refractivity contribution is 0.140. The van der Waals surface area contributed by atoms with Crippen molar-refractivity contribution in [1.29, 1.82) is 0 Å². The second kappa shape index (κ2) is 8.07. The summed E-state index contributed by atoms with van der Waals surface area (Å²) in [5, 5.41) is 0. The van der Waals surface area contributed by atoms with Gasteiger partial charge < -0.3 is 14.2 Å². The standard InChI is InChI=1S/C22H28FN5O2/c1-15-24-10-19(23)21(25-15)27-11-16-9-18(14-27)20-4-3-17(22(29)28(20)12-16)13-26-5-2-7-30-8-6-26/h3-4,10,16,18H,2,5-9,11-14H2,1H3/t16-,18+/m0/s1. The first-order valence-electron chi connectivity index (χ1n) is 10.9. The average Bonchev–Trinajstić information content (AvgIpc) is 3.01. The van der Waals surface area contributed by atoms with Crippen molar-refractivity contribution in [3.63, 3.8) is 0 Å². The van der Waals surface area contributed by atoms with Crippen LogP contribution in [0.2, 0.25) is 0 Å². The molecule has 2 aromatic heterocycles. The van der Waals surface area contributed by atoms with Crippen molar-refractivity contribution in [2.75, 3.05) is 44.3 Å². The average molecular weight is 413 g/mol. The summed E-state index contributed by atoms with van der Waals surface area (Å²) in [6, 6.07) is 4.10. The lowest BCUT2D eigenvalue weighted by Gasteiger charge is -2.43. The Kier molecular flexibility index (Phi) is 5.28. The number of halogens is 1. The number of aromatic nitrogens is 3. The van der Waals surface area contributed by atoms with E-state index in [1.807, 2.05) is 15.5 Å². The van der Waals surface area contributed by atoms with Crippen molar-refractivity contribution >= 4 is 5.82 Å². The molecule has 0 N–H and O–H groups in total. The molecule has 7 nitrogen and oxygen atoms in total. The van der Waals surface area contributed by atoms with E-state index in [0.717, 1.165) is 50.4 Å². The number of hydrogen-bond acceptors (Lipinski definition) is 6. The van der Waals surface area contributed by atoms with Crippen molar-refractivity contribution in [2.45, 2.75) is 38.8 Å². The normalized spacial score (nSPS) is 24.4. The van der Waals surface area contributed by atoms with Gasteiger partial charge in [-0.15, -0.1) is 0 Å². The van der Waals surface area contributed by atoms with Gasteiger partial charge in [-0.25, -0.2) is 14.4 Å². The molecule has 2 aromatic rings. The van der Waals surface area contributed by atoms with Crippen LogP contribution in [0, 0.1) is 18.7 Å². The van der Waals surface area contributed by atoms with E-state index < -0.39 is 0 Å². The molecule has 2 saturated heterocycles. The highest BCUT2D eigenvalue weighted by Gasteiger charge is 2.36. The largest absolute Gasteiger partial charge is 0.380 e. The fraction of sp³-hybridized carbons (Fsp3) is 0.591. The molecule has 2 atom stereocenters. The lowest BCUT2D eigenvalue weighted by atomic mass is 9.83. The molecule has 0 spiro atoms. The van der Waals surface area contributed by atoms with E-state index in [2.05, 4.69) is 20.9 Å². The van der Waals surface area contributed by atoms with Crippen molar-refractivity contribution in [1.82, 2.24) is 19.4 Å². The summed E-state index contributed by atoms with van der Waals surface area (Å²) in [4.78, 5) is 25.9. The van der Waals surface area contributed by atoms with Gasteiger partial charge in [0.25, 0.3) is 5.56 Å². The van der Waals surface area contributed by atoms with Crippen LogP contribution in [0.4, 0.5) is 10.2 Å². The van der Waals surface area contributed by atoms with Gasteiger partial charge in [-0.05, 0) is 31.7 Å². The Labute approximate surface area is 175 Å². The first kappa shape index (κ1) is 19.6. The van der Waals surface area contributed by atoms with Crippen LogP contribution >= 0.6 is 0 Å². The Morgan fingerprint density at radius 3 is 3.00 bits per heavy atom. The van der Waals surface area contributed by atoms with Gasteiger partial charge in [-0.1, -0.05) is 6.07 Å². The third-order valence-electron chi connectivity index (χ3n) is 6.54. The van der Waals surface area contributed by atoms with Crippen LogP contribution in [-0.4, -0.2) is 58.8 Å². The minimum atomic E-state index is -0.380. The Balaban J connectivity index is 1.39. The highest BCUT2D eigenvalue weighted by Crippen LogP contribution is 2.37. The number of anilines is 1. The second-order valence-corrected chi connectivity index (χ2v) is 8.73. The number of ether oxygens (including phenoxy) is 1. The molecule has 0 aromatic carbocycles. The summed E-state index contributed by atoms with van der Waals surface area (Å²) < 4.78 is 21.9. The van der Waals surface area contributed by atoms with E-state index in [4.69, 9.17) is 4.74 Å². The SMILES string of the molecule is Cc1ncc(F)c(N2C[C@@H]3C[C@H](C2)c2ccc(CN4CCCOCC4)c(=O)n2C3)n1. The zero-order chi connectivity index (χ0) is 20.7. The highest BCUT2D eigenvalue weighted by molar-refractivity contribution is 5.41. The molecule has 0 amide bonds. The topological polar surface area (TPSA) is 63.5 Å². The van der Waals surface area contributed by atoms with Crippen LogP contribution in [0.1, 0.15) is 35.8 Å². The maximum absolute atomic E-state index is 14.4. The van der Waals surface area contributed by atoms with E-state index in [-0.39, 0.29) is 17.3 Å². The molecule has 5 heterocycles. The van der Waals surface area contributed by atoms with Gasteiger partial charge in [0.15, 0.2) is 11.6 Å². The van der Waals surface area contributed by atoms with Crippen LogP contribution in [0.25, 0.3) is 0 Å². The summed E-state index contributed by atoms with van der Waals surface area (Å²) >= 11 is 0. The molecular formula is C22H28FN5O2. The van der Waals surface area contributed by atoms with Gasteiger partial charge in [0, 0.05) is 63.1 Å². The van der Waals surface area contributed by atoms with Gasteiger partial charge in [-0.3, -0.25) is 9.69 Å². The van der Waals surface area contributed by atoms with Gasteiger partial charge in [-0.2, -0.15) is 0 Å². The quantitative estimate of drug-likeness (QED) is 0.766. The first-order chi connectivity index (χ1) is 14.6. The molecule has 160 valence electrons. The monoisotopic (exact) mass is 413 g/mol. The molecule has 0 unspecified atom stereocenters. The number of nitrogens with zero attached hydrogens (tertiary/aromatic N) is 5. The van der Waals surface area contributed by atoms with E-state index in [1.165, 1.54) is 6.20 Å². The maximum atomic E-state index is 14.4. The molecule has 3 aliphatic rings. The van der Waals surface area contributed by atoms with Crippen LogP contribution in [0.15, 0.2) is 23.1 Å². The van der Waals surface area contributed by atoms with Gasteiger partial charge >= 0.3 is 0 Å². The van der Waals surface area contributed by atoms with E-state index >= 15 is 0 Å². The molecule has 0 saturated carbocycles. The van der Waals surface area contributed by atoms with Crippen LogP contribution in [0.5, 0.6) is 0 Å². The predicted molar refractivity (Wildman–Crippen MR) is 111 cm³/mol. The van der Waals surface area contributed by atoms with Gasteiger partial charge in [0.2, 0.25) is 0 Å². The third-order valence-corrected chi connectivity index (χ3v) is 6.54. The molecule has 0 radical (unpaired) electrons. The molecule has 5 rings (SSSR count). The molecule has 2 bridgehead atoms. The molecule has 8 heteroatoms. The van der Waals surface area contributed by atoms with Gasteiger partial charge in [0.05, 0.1) is 12.8 Å². The third kappa shape index (κ3) is 3.74. The number of hydrogen-bond donors (Lipinski definition) is 0. The zero-order valence-electron chi connectivity index (χ0n) is 17.4. The number of aryl methyl sites for hydroxylation is 1. The lowest BCUT2D eigenvalue weighted by Crippen LogP contribution is -2.48. The maximum Gasteiger partial charge on any atom is 0.255 e. The van der Waals surface area contributed by atoms with Crippen LogP contribution in [-0.2, 0) is 17.8 Å². The smallest absolute Gasteiger partial charge is 0.255 e. The summed E-state index contributed by atoms with van der Waals surface area (Å²) in [5.74, 6) is 1.09. The van der Waals surface area contributed by atoms with Gasteiger partial charge in [0.1, 0.15) is 5.82 Å². The fourth-order valence-corrected chi connectivity index (χ4v) is 5.15. The van der Waals surface area contributed by atoms with Crippen LogP contribution < -0.4 is 10.5 Å². The molecule has 3 aliphatic heterocycles. The molecule has 2 fully saturated rings. The van der Waals surface area contributed by atoms with Crippen molar-refractivity contribution in [3.8, 4) is 0 Å². The summed E-state index contributed by atoms with van der Waals surface area (Å²) in [6.07, 6.45) is 3.29. The number of piperidine rings is 1. The number of pyridine rings is 1. The zero-order valence-corrected chi connectivity index (χ0v) is 17.4.